The van der Waals surface area contributed by atoms with E-state index < -0.39 is 5.82 Å². The van der Waals surface area contributed by atoms with Gasteiger partial charge in [0.1, 0.15) is 29.7 Å². The molecule has 6 heteroatoms. The number of hydrogen-bond donors (Lipinski definition) is 1. The highest BCUT2D eigenvalue weighted by Crippen LogP contribution is 2.31. The molecule has 0 aliphatic rings. The zero-order chi connectivity index (χ0) is 15.2. The minimum absolute atomic E-state index is 0.0523. The van der Waals surface area contributed by atoms with Crippen LogP contribution in [0.1, 0.15) is 24.9 Å². The van der Waals surface area contributed by atoms with E-state index in [1.807, 2.05) is 12.1 Å². The van der Waals surface area contributed by atoms with Crippen LogP contribution in [0.4, 0.5) is 4.39 Å². The van der Waals surface area contributed by atoms with Crippen molar-refractivity contribution >= 4 is 27.5 Å². The van der Waals surface area contributed by atoms with Gasteiger partial charge in [0.25, 0.3) is 0 Å². The molecule has 2 rings (SSSR count). The summed E-state index contributed by atoms with van der Waals surface area (Å²) in [7, 11) is 0. The van der Waals surface area contributed by atoms with Gasteiger partial charge in [0.15, 0.2) is 0 Å². The molecule has 0 aliphatic heterocycles. The minimum Gasteiger partial charge on any atom is -0.484 e. The number of halogens is 3. The molecule has 0 amide bonds. The maximum atomic E-state index is 13.4. The molecule has 0 saturated heterocycles. The first-order valence-electron chi connectivity index (χ1n) is 6.65. The molecule has 1 aromatic carbocycles. The Hall–Kier alpha value is -1.04. The van der Waals surface area contributed by atoms with Gasteiger partial charge in [-0.2, -0.15) is 0 Å². The van der Waals surface area contributed by atoms with E-state index in [0.29, 0.717) is 22.5 Å². The van der Waals surface area contributed by atoms with Crippen LogP contribution < -0.4 is 10.1 Å². The Morgan fingerprint density at radius 3 is 2.86 bits per heavy atom. The van der Waals surface area contributed by atoms with Crippen molar-refractivity contribution < 1.29 is 13.5 Å². The number of nitrogens with one attached hydrogen (secondary N) is 1. The Kier molecular flexibility index (Phi) is 6.08. The molecule has 0 radical (unpaired) electrons. The molecule has 0 aliphatic carbocycles. The van der Waals surface area contributed by atoms with Gasteiger partial charge in [-0.15, -0.1) is 0 Å². The van der Waals surface area contributed by atoms with E-state index in [1.165, 1.54) is 12.1 Å². The zero-order valence-corrected chi connectivity index (χ0v) is 13.9. The van der Waals surface area contributed by atoms with Crippen LogP contribution in [-0.2, 0) is 13.2 Å². The quantitative estimate of drug-likeness (QED) is 0.550. The molecule has 1 aromatic heterocycles. The van der Waals surface area contributed by atoms with Gasteiger partial charge in [0, 0.05) is 6.07 Å². The van der Waals surface area contributed by atoms with E-state index >= 15 is 0 Å². The summed E-state index contributed by atoms with van der Waals surface area (Å²) in [6, 6.07) is 6.47. The smallest absolute Gasteiger partial charge is 0.146 e. The molecular formula is C15H16BrClFNO2. The summed E-state index contributed by atoms with van der Waals surface area (Å²) >= 11 is 8.97. The van der Waals surface area contributed by atoms with Gasteiger partial charge in [-0.1, -0.05) is 18.5 Å². The first-order valence-corrected chi connectivity index (χ1v) is 7.83. The lowest BCUT2D eigenvalue weighted by atomic mass is 10.3. The van der Waals surface area contributed by atoms with E-state index in [-0.39, 0.29) is 11.6 Å². The summed E-state index contributed by atoms with van der Waals surface area (Å²) in [5.74, 6) is 1.41. The Bertz CT molecular complexity index is 603. The molecule has 0 atom stereocenters. The fraction of sp³-hybridized carbons (Fsp3) is 0.333. The summed E-state index contributed by atoms with van der Waals surface area (Å²) in [6.07, 6.45) is 1.08. The predicted molar refractivity (Wildman–Crippen MR) is 84.1 cm³/mol. The van der Waals surface area contributed by atoms with E-state index in [2.05, 4.69) is 28.2 Å². The third-order valence-corrected chi connectivity index (χ3v) is 3.70. The standard InChI is InChI=1S/C15H16BrClFNO2/c1-2-5-19-8-10-3-4-11(21-10)9-20-15-7-14(18)13(17)6-12(15)16/h3-4,6-7,19H,2,5,8-9H2,1H3. The fourth-order valence-corrected chi connectivity index (χ4v) is 2.50. The third kappa shape index (κ3) is 4.73. The number of hydrogen-bond acceptors (Lipinski definition) is 3. The molecular weight excluding hydrogens is 361 g/mol. The predicted octanol–water partition coefficient (Wildman–Crippen LogP) is 4.91. The second-order valence-corrected chi connectivity index (χ2v) is 5.79. The molecule has 0 spiro atoms. The first kappa shape index (κ1) is 16.3. The summed E-state index contributed by atoms with van der Waals surface area (Å²) in [4.78, 5) is 0. The zero-order valence-electron chi connectivity index (χ0n) is 11.6. The maximum Gasteiger partial charge on any atom is 0.146 e. The van der Waals surface area contributed by atoms with Gasteiger partial charge in [-0.25, -0.2) is 4.39 Å². The monoisotopic (exact) mass is 375 g/mol. The lowest BCUT2D eigenvalue weighted by Gasteiger charge is -2.07. The number of ether oxygens (including phenoxy) is 1. The average Bonchev–Trinajstić information content (AvgIpc) is 2.90. The molecule has 2 aromatic rings. The lowest BCUT2D eigenvalue weighted by molar-refractivity contribution is 0.262. The molecule has 1 heterocycles. The first-order chi connectivity index (χ1) is 10.1. The molecule has 21 heavy (non-hydrogen) atoms. The van der Waals surface area contributed by atoms with Crippen molar-refractivity contribution in [3.8, 4) is 5.75 Å². The highest BCUT2D eigenvalue weighted by atomic mass is 79.9. The number of rotatable bonds is 7. The van der Waals surface area contributed by atoms with Crippen molar-refractivity contribution in [2.24, 2.45) is 0 Å². The van der Waals surface area contributed by atoms with E-state index in [1.54, 1.807) is 0 Å². The van der Waals surface area contributed by atoms with Crippen LogP contribution in [0.25, 0.3) is 0 Å². The Morgan fingerprint density at radius 1 is 1.33 bits per heavy atom. The summed E-state index contributed by atoms with van der Waals surface area (Å²) in [5, 5.41) is 3.31. The topological polar surface area (TPSA) is 34.4 Å². The summed E-state index contributed by atoms with van der Waals surface area (Å²) in [6.45, 7) is 3.97. The SMILES string of the molecule is CCCNCc1ccc(COc2cc(F)c(Cl)cc2Br)o1. The average molecular weight is 377 g/mol. The molecule has 1 N–H and O–H groups in total. The van der Waals surface area contributed by atoms with E-state index in [9.17, 15) is 4.39 Å². The molecule has 0 bridgehead atoms. The van der Waals surface area contributed by atoms with Gasteiger partial charge in [-0.3, -0.25) is 0 Å². The van der Waals surface area contributed by atoms with Crippen LogP contribution in [-0.4, -0.2) is 6.54 Å². The third-order valence-electron chi connectivity index (χ3n) is 2.79. The van der Waals surface area contributed by atoms with Crippen LogP contribution in [0.3, 0.4) is 0 Å². The highest BCUT2D eigenvalue weighted by Gasteiger charge is 2.09. The minimum atomic E-state index is -0.515. The van der Waals surface area contributed by atoms with Crippen molar-refractivity contribution in [1.82, 2.24) is 5.32 Å². The normalized spacial score (nSPS) is 10.9. The molecule has 0 saturated carbocycles. The molecule has 114 valence electrons. The van der Waals surface area contributed by atoms with Crippen LogP contribution >= 0.6 is 27.5 Å². The second kappa shape index (κ2) is 7.82. The Morgan fingerprint density at radius 2 is 2.10 bits per heavy atom. The molecule has 0 unspecified atom stereocenters. The van der Waals surface area contributed by atoms with Gasteiger partial charge in [-0.05, 0) is 47.1 Å². The molecule has 3 nitrogen and oxygen atoms in total. The van der Waals surface area contributed by atoms with Gasteiger partial charge in [0.2, 0.25) is 0 Å². The van der Waals surface area contributed by atoms with Gasteiger partial charge in [0.05, 0.1) is 16.0 Å². The summed E-state index contributed by atoms with van der Waals surface area (Å²) < 4.78 is 25.2. The Labute approximate surface area is 136 Å². The fourth-order valence-electron chi connectivity index (χ4n) is 1.75. The van der Waals surface area contributed by atoms with Crippen LogP contribution in [0.15, 0.2) is 33.2 Å². The van der Waals surface area contributed by atoms with Gasteiger partial charge < -0.3 is 14.5 Å². The van der Waals surface area contributed by atoms with Crippen molar-refractivity contribution in [1.29, 1.82) is 0 Å². The van der Waals surface area contributed by atoms with Crippen LogP contribution in [0, 0.1) is 5.82 Å². The van der Waals surface area contributed by atoms with E-state index in [0.717, 1.165) is 18.7 Å². The lowest BCUT2D eigenvalue weighted by Crippen LogP contribution is -2.13. The number of benzene rings is 1. The van der Waals surface area contributed by atoms with Crippen molar-refractivity contribution in [2.75, 3.05) is 6.54 Å². The van der Waals surface area contributed by atoms with Crippen molar-refractivity contribution in [2.45, 2.75) is 26.5 Å². The van der Waals surface area contributed by atoms with Crippen LogP contribution in [0.5, 0.6) is 5.75 Å². The largest absolute Gasteiger partial charge is 0.484 e. The second-order valence-electron chi connectivity index (χ2n) is 4.53. The number of furan rings is 1. The van der Waals surface area contributed by atoms with Crippen molar-refractivity contribution in [3.05, 3.63) is 51.1 Å². The highest BCUT2D eigenvalue weighted by molar-refractivity contribution is 9.10. The molecule has 0 fully saturated rings. The van der Waals surface area contributed by atoms with Gasteiger partial charge >= 0.3 is 0 Å². The maximum absolute atomic E-state index is 13.4. The van der Waals surface area contributed by atoms with E-state index in [4.69, 9.17) is 20.8 Å². The Balaban J connectivity index is 1.92. The van der Waals surface area contributed by atoms with Crippen molar-refractivity contribution in [3.63, 3.8) is 0 Å². The summed E-state index contributed by atoms with van der Waals surface area (Å²) in [5.41, 5.74) is 0. The van der Waals surface area contributed by atoms with Crippen LogP contribution in [0.2, 0.25) is 5.02 Å².